The van der Waals surface area contributed by atoms with Crippen molar-refractivity contribution in [1.29, 1.82) is 5.26 Å². The zero-order valence-corrected chi connectivity index (χ0v) is 11.5. The molecular formula is C14H20N2S. The van der Waals surface area contributed by atoms with Crippen LogP contribution in [0.4, 0.5) is 0 Å². The predicted molar refractivity (Wildman–Crippen MR) is 72.1 cm³/mol. The van der Waals surface area contributed by atoms with Gasteiger partial charge in [-0.25, -0.2) is 0 Å². The second kappa shape index (κ2) is 5.20. The number of hydrogen-bond donors (Lipinski definition) is 1. The molecule has 1 aliphatic rings. The van der Waals surface area contributed by atoms with Gasteiger partial charge in [-0.1, -0.05) is 0 Å². The molecular weight excluding hydrogens is 228 g/mol. The Hall–Kier alpha value is -0.850. The molecule has 0 aromatic carbocycles. The largest absolute Gasteiger partial charge is 0.312 e. The molecule has 0 bridgehead atoms. The van der Waals surface area contributed by atoms with Crippen molar-refractivity contribution in [3.63, 3.8) is 0 Å². The zero-order valence-electron chi connectivity index (χ0n) is 10.7. The highest BCUT2D eigenvalue weighted by atomic mass is 32.1. The van der Waals surface area contributed by atoms with E-state index >= 15 is 0 Å². The van der Waals surface area contributed by atoms with Crippen LogP contribution in [-0.4, -0.2) is 6.54 Å². The number of nitrogens with zero attached hydrogens (tertiary/aromatic N) is 1. The fraction of sp³-hybridized carbons (Fsp3) is 0.643. The molecule has 2 nitrogen and oxygen atoms in total. The van der Waals surface area contributed by atoms with Gasteiger partial charge in [0.1, 0.15) is 0 Å². The quantitative estimate of drug-likeness (QED) is 0.812. The average molecular weight is 248 g/mol. The maximum absolute atomic E-state index is 8.91. The van der Waals surface area contributed by atoms with Crippen molar-refractivity contribution in [3.8, 4) is 6.07 Å². The number of nitriles is 1. The van der Waals surface area contributed by atoms with E-state index in [1.54, 1.807) is 10.4 Å². The van der Waals surface area contributed by atoms with Gasteiger partial charge >= 0.3 is 0 Å². The Bertz CT molecular complexity index is 404. The maximum atomic E-state index is 8.91. The molecule has 0 saturated carbocycles. The summed E-state index contributed by atoms with van der Waals surface area (Å²) in [5.41, 5.74) is 1.37. The van der Waals surface area contributed by atoms with Crippen LogP contribution in [0.15, 0.2) is 6.07 Å². The minimum absolute atomic E-state index is 0.204. The Balaban J connectivity index is 1.74. The SMILES string of the molecule is CC(C)(C#N)CCNCc1cc2c(s1)CCC2. The lowest BCUT2D eigenvalue weighted by atomic mass is 9.91. The van der Waals surface area contributed by atoms with Crippen molar-refractivity contribution in [3.05, 3.63) is 21.4 Å². The summed E-state index contributed by atoms with van der Waals surface area (Å²) in [6, 6.07) is 4.69. The van der Waals surface area contributed by atoms with E-state index < -0.39 is 0 Å². The fourth-order valence-electron chi connectivity index (χ4n) is 2.15. The van der Waals surface area contributed by atoms with Gasteiger partial charge in [-0.3, -0.25) is 0 Å². The smallest absolute Gasteiger partial charge is 0.0684 e. The molecule has 92 valence electrons. The van der Waals surface area contributed by atoms with Gasteiger partial charge in [0.15, 0.2) is 0 Å². The Kier molecular flexibility index (Phi) is 3.86. The summed E-state index contributed by atoms with van der Waals surface area (Å²) < 4.78 is 0. The predicted octanol–water partition coefficient (Wildman–Crippen LogP) is 3.27. The zero-order chi connectivity index (χ0) is 12.3. The van der Waals surface area contributed by atoms with E-state index in [0.717, 1.165) is 19.5 Å². The third-order valence-electron chi connectivity index (χ3n) is 3.33. The van der Waals surface area contributed by atoms with Crippen LogP contribution in [0.5, 0.6) is 0 Å². The third-order valence-corrected chi connectivity index (χ3v) is 4.56. The van der Waals surface area contributed by atoms with Crippen molar-refractivity contribution in [2.24, 2.45) is 5.41 Å². The van der Waals surface area contributed by atoms with Gasteiger partial charge in [0.05, 0.1) is 11.5 Å². The van der Waals surface area contributed by atoms with Gasteiger partial charge in [-0.2, -0.15) is 5.26 Å². The van der Waals surface area contributed by atoms with E-state index in [0.29, 0.717) is 0 Å². The molecule has 0 unspecified atom stereocenters. The molecule has 3 heteroatoms. The van der Waals surface area contributed by atoms with E-state index in [2.05, 4.69) is 17.5 Å². The van der Waals surface area contributed by atoms with Crippen LogP contribution in [-0.2, 0) is 19.4 Å². The summed E-state index contributed by atoms with van der Waals surface area (Å²) in [6.45, 7) is 5.87. The standard InChI is InChI=1S/C14H20N2S/c1-14(2,10-15)6-7-16-9-12-8-11-4-3-5-13(11)17-12/h8,16H,3-7,9H2,1-2H3. The fourth-order valence-corrected chi connectivity index (χ4v) is 3.38. The van der Waals surface area contributed by atoms with Crippen LogP contribution in [0, 0.1) is 16.7 Å². The number of rotatable bonds is 5. The first-order chi connectivity index (χ1) is 8.11. The molecule has 0 radical (unpaired) electrons. The lowest BCUT2D eigenvalue weighted by Gasteiger charge is -2.14. The van der Waals surface area contributed by atoms with E-state index in [9.17, 15) is 0 Å². The first-order valence-corrected chi connectivity index (χ1v) is 7.15. The molecule has 1 aromatic heterocycles. The molecule has 0 saturated heterocycles. The van der Waals surface area contributed by atoms with E-state index in [1.165, 1.54) is 24.1 Å². The molecule has 1 aromatic rings. The molecule has 0 spiro atoms. The van der Waals surface area contributed by atoms with E-state index in [1.807, 2.05) is 25.2 Å². The Morgan fingerprint density at radius 3 is 3.00 bits per heavy atom. The Morgan fingerprint density at radius 1 is 1.47 bits per heavy atom. The number of fused-ring (bicyclic) bond motifs is 1. The molecule has 0 fully saturated rings. The van der Waals surface area contributed by atoms with Crippen LogP contribution in [0.3, 0.4) is 0 Å². The first-order valence-electron chi connectivity index (χ1n) is 6.33. The van der Waals surface area contributed by atoms with Gasteiger partial charge < -0.3 is 5.32 Å². The normalized spacial score (nSPS) is 14.6. The first kappa shape index (κ1) is 12.6. The van der Waals surface area contributed by atoms with Crippen LogP contribution in [0.1, 0.15) is 42.0 Å². The van der Waals surface area contributed by atoms with Gasteiger partial charge in [0.2, 0.25) is 0 Å². The molecule has 0 amide bonds. The van der Waals surface area contributed by atoms with Crippen LogP contribution in [0.25, 0.3) is 0 Å². The van der Waals surface area contributed by atoms with Crippen LogP contribution < -0.4 is 5.32 Å². The highest BCUT2D eigenvalue weighted by Crippen LogP contribution is 2.30. The van der Waals surface area contributed by atoms with Crippen molar-refractivity contribution in [2.45, 2.75) is 46.1 Å². The van der Waals surface area contributed by atoms with Gasteiger partial charge in [-0.15, -0.1) is 11.3 Å². The summed E-state index contributed by atoms with van der Waals surface area (Å²) in [5, 5.41) is 12.4. The van der Waals surface area contributed by atoms with E-state index in [4.69, 9.17) is 5.26 Å². The van der Waals surface area contributed by atoms with Gasteiger partial charge in [-0.05, 0) is 57.7 Å². The number of hydrogen-bond acceptors (Lipinski definition) is 3. The molecule has 0 aliphatic heterocycles. The second-order valence-electron chi connectivity index (χ2n) is 5.44. The Labute approximate surface area is 108 Å². The third kappa shape index (κ3) is 3.31. The molecule has 17 heavy (non-hydrogen) atoms. The maximum Gasteiger partial charge on any atom is 0.0684 e. The monoisotopic (exact) mass is 248 g/mol. The lowest BCUT2D eigenvalue weighted by Crippen LogP contribution is -2.20. The molecule has 1 aliphatic carbocycles. The van der Waals surface area contributed by atoms with Crippen LogP contribution >= 0.6 is 11.3 Å². The van der Waals surface area contributed by atoms with Gasteiger partial charge in [0.25, 0.3) is 0 Å². The molecule has 2 rings (SSSR count). The Morgan fingerprint density at radius 2 is 2.29 bits per heavy atom. The summed E-state index contributed by atoms with van der Waals surface area (Å²) in [6.07, 6.45) is 4.80. The minimum atomic E-state index is -0.204. The lowest BCUT2D eigenvalue weighted by molar-refractivity contribution is 0.433. The van der Waals surface area contributed by atoms with E-state index in [-0.39, 0.29) is 5.41 Å². The highest BCUT2D eigenvalue weighted by molar-refractivity contribution is 7.12. The summed E-state index contributed by atoms with van der Waals surface area (Å²) in [4.78, 5) is 3.05. The summed E-state index contributed by atoms with van der Waals surface area (Å²) in [7, 11) is 0. The number of nitrogens with one attached hydrogen (secondary N) is 1. The van der Waals surface area contributed by atoms with Crippen LogP contribution in [0.2, 0.25) is 0 Å². The van der Waals surface area contributed by atoms with Crippen molar-refractivity contribution in [1.82, 2.24) is 5.32 Å². The summed E-state index contributed by atoms with van der Waals surface area (Å²) in [5.74, 6) is 0. The highest BCUT2D eigenvalue weighted by Gasteiger charge is 2.16. The van der Waals surface area contributed by atoms with Crippen molar-refractivity contribution >= 4 is 11.3 Å². The average Bonchev–Trinajstić information content (AvgIpc) is 2.84. The minimum Gasteiger partial charge on any atom is -0.312 e. The van der Waals surface area contributed by atoms with Crippen molar-refractivity contribution < 1.29 is 0 Å². The molecule has 0 atom stereocenters. The topological polar surface area (TPSA) is 35.8 Å². The summed E-state index contributed by atoms with van der Waals surface area (Å²) >= 11 is 1.96. The second-order valence-corrected chi connectivity index (χ2v) is 6.66. The molecule has 1 heterocycles. The molecule has 1 N–H and O–H groups in total. The van der Waals surface area contributed by atoms with Gasteiger partial charge in [0, 0.05) is 16.3 Å². The van der Waals surface area contributed by atoms with Crippen molar-refractivity contribution in [2.75, 3.05) is 6.54 Å². The number of thiophene rings is 1. The number of aryl methyl sites for hydroxylation is 2.